The minimum Gasteiger partial charge on any atom is -0.449 e. The number of nitrogens with one attached hydrogen (secondary N) is 1. The largest absolute Gasteiger partial charge is 0.449 e. The van der Waals surface area contributed by atoms with Gasteiger partial charge in [-0.3, -0.25) is 0 Å². The molecule has 0 rings (SSSR count). The zero-order chi connectivity index (χ0) is 12.4. The van der Waals surface area contributed by atoms with Crippen molar-refractivity contribution in [3.8, 4) is 0 Å². The number of hydrogen-bond acceptors (Lipinski definition) is 2. The molecule has 0 heterocycles. The molecule has 1 atom stereocenters. The predicted octanol–water partition coefficient (Wildman–Crippen LogP) is 3.59. The zero-order valence-corrected chi connectivity index (χ0v) is 11.2. The third kappa shape index (κ3) is 8.57. The molecule has 1 amide bonds. The molecular formula is C13H27NO2. The molecule has 0 spiro atoms. The molecule has 16 heavy (non-hydrogen) atoms. The molecule has 0 aromatic rings. The Balaban J connectivity index is 3.62. The second-order valence-corrected chi connectivity index (χ2v) is 4.79. The number of ether oxygens (including phenoxy) is 1. The van der Waals surface area contributed by atoms with Crippen LogP contribution in [-0.4, -0.2) is 19.2 Å². The maximum Gasteiger partial charge on any atom is 0.407 e. The summed E-state index contributed by atoms with van der Waals surface area (Å²) in [5.74, 6) is 0.986. The van der Waals surface area contributed by atoms with Crippen molar-refractivity contribution in [3.05, 3.63) is 0 Å². The van der Waals surface area contributed by atoms with E-state index in [0.717, 1.165) is 12.8 Å². The minimum absolute atomic E-state index is 0.274. The summed E-state index contributed by atoms with van der Waals surface area (Å²) < 4.78 is 5.19. The maximum absolute atomic E-state index is 11.3. The van der Waals surface area contributed by atoms with Crippen LogP contribution in [0.3, 0.4) is 0 Å². The van der Waals surface area contributed by atoms with Crippen LogP contribution in [0.5, 0.6) is 0 Å². The van der Waals surface area contributed by atoms with Crippen LogP contribution in [0.25, 0.3) is 0 Å². The molecule has 3 heteroatoms. The van der Waals surface area contributed by atoms with Gasteiger partial charge in [-0.2, -0.15) is 0 Å². The van der Waals surface area contributed by atoms with Crippen LogP contribution < -0.4 is 5.32 Å². The Labute approximate surface area is 99.9 Å². The third-order valence-corrected chi connectivity index (χ3v) is 2.65. The van der Waals surface area contributed by atoms with Gasteiger partial charge in [-0.05, 0) is 18.3 Å². The molecule has 0 aromatic heterocycles. The predicted molar refractivity (Wildman–Crippen MR) is 67.5 cm³/mol. The van der Waals surface area contributed by atoms with Crippen LogP contribution in [0.4, 0.5) is 4.79 Å². The molecule has 96 valence electrons. The Morgan fingerprint density at radius 2 is 2.00 bits per heavy atom. The van der Waals surface area contributed by atoms with Gasteiger partial charge in [0.2, 0.25) is 0 Å². The summed E-state index contributed by atoms with van der Waals surface area (Å²) in [6.07, 6.45) is 4.39. The van der Waals surface area contributed by atoms with Gasteiger partial charge in [0.05, 0.1) is 6.61 Å². The van der Waals surface area contributed by atoms with Gasteiger partial charge in [0.1, 0.15) is 0 Å². The number of carbonyl (C=O) groups excluding carboxylic acids is 1. The van der Waals surface area contributed by atoms with E-state index in [1.54, 1.807) is 0 Å². The zero-order valence-electron chi connectivity index (χ0n) is 11.2. The van der Waals surface area contributed by atoms with Gasteiger partial charge in [0.15, 0.2) is 0 Å². The Morgan fingerprint density at radius 1 is 1.31 bits per heavy atom. The highest BCUT2D eigenvalue weighted by atomic mass is 16.5. The molecular weight excluding hydrogens is 202 g/mol. The van der Waals surface area contributed by atoms with Crippen molar-refractivity contribution in [1.82, 2.24) is 5.32 Å². The minimum atomic E-state index is -0.274. The lowest BCUT2D eigenvalue weighted by molar-refractivity contribution is 0.122. The molecule has 0 aliphatic heterocycles. The topological polar surface area (TPSA) is 38.3 Å². The summed E-state index contributed by atoms with van der Waals surface area (Å²) in [6.45, 7) is 9.70. The molecule has 1 unspecified atom stereocenters. The molecule has 3 nitrogen and oxygen atoms in total. The summed E-state index contributed by atoms with van der Waals surface area (Å²) in [6, 6.07) is 0. The second-order valence-electron chi connectivity index (χ2n) is 4.79. The van der Waals surface area contributed by atoms with Crippen molar-refractivity contribution in [2.24, 2.45) is 11.8 Å². The van der Waals surface area contributed by atoms with Crippen LogP contribution in [0.1, 0.15) is 53.4 Å². The van der Waals surface area contributed by atoms with Crippen molar-refractivity contribution < 1.29 is 9.53 Å². The first kappa shape index (κ1) is 15.3. The monoisotopic (exact) mass is 229 g/mol. The van der Waals surface area contributed by atoms with Gasteiger partial charge >= 0.3 is 6.09 Å². The van der Waals surface area contributed by atoms with E-state index in [9.17, 15) is 4.79 Å². The first-order chi connectivity index (χ1) is 7.60. The fourth-order valence-electron chi connectivity index (χ4n) is 1.43. The van der Waals surface area contributed by atoms with Crippen LogP contribution in [0.15, 0.2) is 0 Å². The number of alkyl carbamates (subject to hydrolysis) is 1. The quantitative estimate of drug-likeness (QED) is 0.691. The molecule has 0 radical (unpaired) electrons. The average Bonchev–Trinajstić information content (AvgIpc) is 2.26. The van der Waals surface area contributed by atoms with E-state index in [0.29, 0.717) is 25.0 Å². The fraction of sp³-hybridized carbons (Fsp3) is 0.923. The highest BCUT2D eigenvalue weighted by Crippen LogP contribution is 2.12. The summed E-state index contributed by atoms with van der Waals surface area (Å²) >= 11 is 0. The summed E-state index contributed by atoms with van der Waals surface area (Å²) in [7, 11) is 0. The lowest BCUT2D eigenvalue weighted by Gasteiger charge is -2.15. The molecule has 0 aromatic carbocycles. The van der Waals surface area contributed by atoms with Gasteiger partial charge in [-0.1, -0.05) is 47.0 Å². The van der Waals surface area contributed by atoms with Crippen molar-refractivity contribution in [3.63, 3.8) is 0 Å². The van der Waals surface area contributed by atoms with E-state index in [1.165, 1.54) is 12.8 Å². The normalized spacial score (nSPS) is 12.6. The summed E-state index contributed by atoms with van der Waals surface area (Å²) in [4.78, 5) is 11.3. The Morgan fingerprint density at radius 3 is 2.50 bits per heavy atom. The molecule has 0 aliphatic carbocycles. The van der Waals surface area contributed by atoms with Crippen molar-refractivity contribution in [1.29, 1.82) is 0 Å². The van der Waals surface area contributed by atoms with Crippen molar-refractivity contribution in [2.75, 3.05) is 13.2 Å². The van der Waals surface area contributed by atoms with E-state index in [4.69, 9.17) is 4.74 Å². The lowest BCUT2D eigenvalue weighted by atomic mass is 10.0. The highest BCUT2D eigenvalue weighted by molar-refractivity contribution is 5.67. The third-order valence-electron chi connectivity index (χ3n) is 2.65. The molecule has 0 saturated carbocycles. The van der Waals surface area contributed by atoms with E-state index in [2.05, 4.69) is 33.0 Å². The van der Waals surface area contributed by atoms with Crippen LogP contribution in [0, 0.1) is 11.8 Å². The van der Waals surface area contributed by atoms with E-state index >= 15 is 0 Å². The second kappa shape index (κ2) is 9.49. The van der Waals surface area contributed by atoms with Crippen LogP contribution in [-0.2, 0) is 4.74 Å². The number of carbonyl (C=O) groups is 1. The Bertz CT molecular complexity index is 181. The van der Waals surface area contributed by atoms with Gasteiger partial charge in [0.25, 0.3) is 0 Å². The number of unbranched alkanes of at least 4 members (excludes halogenated alkanes) is 1. The SMILES string of the molecule is CCCCC(CC)COC(=O)NCC(C)C. The molecule has 0 aliphatic rings. The number of amides is 1. The van der Waals surface area contributed by atoms with E-state index in [1.807, 2.05) is 0 Å². The van der Waals surface area contributed by atoms with Crippen LogP contribution >= 0.6 is 0 Å². The molecule has 0 fully saturated rings. The standard InChI is InChI=1S/C13H27NO2/c1-5-7-8-12(6-2)10-16-13(15)14-9-11(3)4/h11-12H,5-10H2,1-4H3,(H,14,15). The van der Waals surface area contributed by atoms with E-state index < -0.39 is 0 Å². The highest BCUT2D eigenvalue weighted by Gasteiger charge is 2.09. The van der Waals surface area contributed by atoms with Gasteiger partial charge < -0.3 is 10.1 Å². The van der Waals surface area contributed by atoms with Crippen LogP contribution in [0.2, 0.25) is 0 Å². The lowest BCUT2D eigenvalue weighted by Crippen LogP contribution is -2.29. The van der Waals surface area contributed by atoms with E-state index in [-0.39, 0.29) is 6.09 Å². The number of hydrogen-bond donors (Lipinski definition) is 1. The molecule has 0 saturated heterocycles. The smallest absolute Gasteiger partial charge is 0.407 e. The molecule has 0 bridgehead atoms. The summed E-state index contributed by atoms with van der Waals surface area (Å²) in [5, 5.41) is 2.76. The Kier molecular flexibility index (Phi) is 9.06. The first-order valence-corrected chi connectivity index (χ1v) is 6.50. The Hall–Kier alpha value is -0.730. The van der Waals surface area contributed by atoms with Crippen molar-refractivity contribution >= 4 is 6.09 Å². The van der Waals surface area contributed by atoms with Gasteiger partial charge in [0, 0.05) is 6.54 Å². The fourth-order valence-corrected chi connectivity index (χ4v) is 1.43. The van der Waals surface area contributed by atoms with Gasteiger partial charge in [-0.15, -0.1) is 0 Å². The maximum atomic E-state index is 11.3. The van der Waals surface area contributed by atoms with Gasteiger partial charge in [-0.25, -0.2) is 4.79 Å². The number of rotatable bonds is 8. The average molecular weight is 229 g/mol. The summed E-state index contributed by atoms with van der Waals surface area (Å²) in [5.41, 5.74) is 0. The first-order valence-electron chi connectivity index (χ1n) is 6.50. The molecule has 1 N–H and O–H groups in total. The van der Waals surface area contributed by atoms with Crippen molar-refractivity contribution in [2.45, 2.75) is 53.4 Å².